The minimum absolute atomic E-state index is 0.139. The van der Waals surface area contributed by atoms with Crippen LogP contribution in [0, 0.1) is 5.92 Å². The molecule has 0 saturated carbocycles. The fourth-order valence-electron chi connectivity index (χ4n) is 5.50. The Balaban J connectivity index is 1.84. The number of aldehydes is 1. The summed E-state index contributed by atoms with van der Waals surface area (Å²) in [5.74, 6) is 0.507. The van der Waals surface area contributed by atoms with Gasteiger partial charge in [-0.15, -0.1) is 0 Å². The van der Waals surface area contributed by atoms with E-state index in [1.807, 2.05) is 6.07 Å². The van der Waals surface area contributed by atoms with E-state index in [0.29, 0.717) is 6.04 Å². The van der Waals surface area contributed by atoms with Gasteiger partial charge in [-0.05, 0) is 31.4 Å². The van der Waals surface area contributed by atoms with Crippen LogP contribution in [-0.2, 0) is 10.2 Å². The predicted octanol–water partition coefficient (Wildman–Crippen LogP) is 2.56. The smallest absolute Gasteiger partial charge is 0.148 e. The zero-order valence-corrected chi connectivity index (χ0v) is 13.2. The normalized spacial score (nSPS) is 36.0. The molecule has 1 aliphatic carbocycles. The van der Waals surface area contributed by atoms with Gasteiger partial charge in [0.1, 0.15) is 12.0 Å². The Hall–Kier alpha value is -2.07. The van der Waals surface area contributed by atoms with E-state index in [4.69, 9.17) is 0 Å². The van der Waals surface area contributed by atoms with Crippen molar-refractivity contribution in [2.24, 2.45) is 5.92 Å². The Morgan fingerprint density at radius 3 is 3.09 bits per heavy atom. The molecule has 0 amide bonds. The van der Waals surface area contributed by atoms with Gasteiger partial charge in [-0.2, -0.15) is 0 Å². The Bertz CT molecular complexity index is 795. The zero-order chi connectivity index (χ0) is 15.8. The molecule has 2 N–H and O–H groups in total. The number of anilines is 1. The van der Waals surface area contributed by atoms with Crippen molar-refractivity contribution in [2.75, 3.05) is 18.4 Å². The Labute approximate surface area is 135 Å². The van der Waals surface area contributed by atoms with Gasteiger partial charge >= 0.3 is 0 Å². The molecule has 1 aromatic carbocycles. The van der Waals surface area contributed by atoms with Gasteiger partial charge in [-0.25, -0.2) is 0 Å². The standard InChI is InChI=1S/C19H20N2O2/c1-2-11-9-21-7-6-19-14-4-3-5-15(23)17(14)20-18(19)13(10-22)12(11)8-16(19)21/h2-5,10,12,16,20,23H,6-9H2,1H3/t12-,16?,19+/m0/s1. The Morgan fingerprint density at radius 2 is 2.30 bits per heavy atom. The number of carbonyl (C=O) groups is 1. The summed E-state index contributed by atoms with van der Waals surface area (Å²) in [5, 5.41) is 13.7. The molecular weight excluding hydrogens is 288 g/mol. The van der Waals surface area contributed by atoms with Crippen molar-refractivity contribution >= 4 is 12.0 Å². The average molecular weight is 308 g/mol. The van der Waals surface area contributed by atoms with Crippen molar-refractivity contribution < 1.29 is 9.90 Å². The van der Waals surface area contributed by atoms with E-state index in [-0.39, 0.29) is 17.1 Å². The maximum atomic E-state index is 12.0. The average Bonchev–Trinajstić information content (AvgIpc) is 3.12. The highest BCUT2D eigenvalue weighted by molar-refractivity contribution is 5.86. The van der Waals surface area contributed by atoms with Gasteiger partial charge in [0.05, 0.1) is 11.1 Å². The Kier molecular flexibility index (Phi) is 2.48. The number of nitrogens with one attached hydrogen (secondary N) is 1. The lowest BCUT2D eigenvalue weighted by Gasteiger charge is -2.48. The van der Waals surface area contributed by atoms with Gasteiger partial charge in [0.15, 0.2) is 0 Å². The number of phenolic OH excluding ortho intramolecular Hbond substituents is 1. The van der Waals surface area contributed by atoms with Crippen molar-refractivity contribution in [1.82, 2.24) is 4.90 Å². The lowest BCUT2D eigenvalue weighted by atomic mass is 9.62. The second kappa shape index (κ2) is 4.26. The highest BCUT2D eigenvalue weighted by Gasteiger charge is 2.61. The number of piperidine rings is 1. The molecule has 23 heavy (non-hydrogen) atoms. The van der Waals surface area contributed by atoms with Crippen molar-refractivity contribution in [3.8, 4) is 5.75 Å². The van der Waals surface area contributed by atoms with Crippen LogP contribution in [0.1, 0.15) is 25.3 Å². The van der Waals surface area contributed by atoms with Crippen LogP contribution in [0.25, 0.3) is 0 Å². The minimum atomic E-state index is -0.139. The number of carbonyl (C=O) groups excluding carboxylic acids is 1. The molecule has 0 aromatic heterocycles. The fourth-order valence-corrected chi connectivity index (χ4v) is 5.50. The third-order valence-electron chi connectivity index (χ3n) is 6.48. The second-order valence-electron chi connectivity index (χ2n) is 7.13. The monoisotopic (exact) mass is 308 g/mol. The van der Waals surface area contributed by atoms with E-state index in [1.165, 1.54) is 11.1 Å². The first-order chi connectivity index (χ1) is 11.2. The van der Waals surface area contributed by atoms with Crippen LogP contribution in [0.5, 0.6) is 5.75 Å². The first-order valence-electron chi connectivity index (χ1n) is 8.39. The number of allylic oxidation sites excluding steroid dienone is 2. The number of aromatic hydroxyl groups is 1. The first-order valence-corrected chi connectivity index (χ1v) is 8.39. The first kappa shape index (κ1) is 13.4. The Morgan fingerprint density at radius 1 is 1.43 bits per heavy atom. The summed E-state index contributed by atoms with van der Waals surface area (Å²) < 4.78 is 0. The lowest BCUT2D eigenvalue weighted by molar-refractivity contribution is -0.105. The second-order valence-corrected chi connectivity index (χ2v) is 7.13. The molecule has 3 aliphatic heterocycles. The molecule has 3 heterocycles. The summed E-state index contributed by atoms with van der Waals surface area (Å²) in [6.07, 6.45) is 5.24. The van der Waals surface area contributed by atoms with Gasteiger partial charge in [0, 0.05) is 36.3 Å². The zero-order valence-electron chi connectivity index (χ0n) is 13.2. The van der Waals surface area contributed by atoms with Crippen LogP contribution in [-0.4, -0.2) is 35.4 Å². The van der Waals surface area contributed by atoms with Crippen LogP contribution in [0.3, 0.4) is 0 Å². The maximum absolute atomic E-state index is 12.0. The van der Waals surface area contributed by atoms with E-state index in [2.05, 4.69) is 29.3 Å². The van der Waals surface area contributed by atoms with Crippen LogP contribution in [0.2, 0.25) is 0 Å². The van der Waals surface area contributed by atoms with Gasteiger partial charge < -0.3 is 10.4 Å². The highest BCUT2D eigenvalue weighted by Crippen LogP contribution is 2.61. The van der Waals surface area contributed by atoms with Crippen LogP contribution in [0.4, 0.5) is 5.69 Å². The number of hydrogen-bond donors (Lipinski definition) is 2. The van der Waals surface area contributed by atoms with E-state index in [9.17, 15) is 9.90 Å². The molecule has 3 atom stereocenters. The topological polar surface area (TPSA) is 52.6 Å². The number of rotatable bonds is 1. The number of hydrogen-bond acceptors (Lipinski definition) is 4. The van der Waals surface area contributed by atoms with E-state index >= 15 is 0 Å². The van der Waals surface area contributed by atoms with Crippen molar-refractivity contribution in [3.63, 3.8) is 0 Å². The van der Waals surface area contributed by atoms with Crippen molar-refractivity contribution in [2.45, 2.75) is 31.2 Å². The molecule has 1 unspecified atom stereocenters. The van der Waals surface area contributed by atoms with Crippen LogP contribution in [0.15, 0.2) is 41.1 Å². The molecule has 4 heteroatoms. The summed E-state index contributed by atoms with van der Waals surface area (Å²) in [6.45, 7) is 4.08. The minimum Gasteiger partial charge on any atom is -0.506 e. The number of para-hydroxylation sites is 1. The molecule has 2 bridgehead atoms. The summed E-state index contributed by atoms with van der Waals surface area (Å²) >= 11 is 0. The number of phenols is 1. The molecule has 1 aromatic rings. The SMILES string of the molecule is CC=C1CN2CC[C@]34C(=C(C=O)[C@H]1CC23)Nc1c(O)cccc14. The largest absolute Gasteiger partial charge is 0.506 e. The highest BCUT2D eigenvalue weighted by atomic mass is 16.3. The summed E-state index contributed by atoms with van der Waals surface area (Å²) in [7, 11) is 0. The summed E-state index contributed by atoms with van der Waals surface area (Å²) in [4.78, 5) is 14.5. The third kappa shape index (κ3) is 1.39. The van der Waals surface area contributed by atoms with E-state index < -0.39 is 0 Å². The maximum Gasteiger partial charge on any atom is 0.148 e. The third-order valence-corrected chi connectivity index (χ3v) is 6.48. The fraction of sp³-hybridized carbons (Fsp3) is 0.421. The number of nitrogens with zero attached hydrogens (tertiary/aromatic N) is 1. The van der Waals surface area contributed by atoms with E-state index in [0.717, 1.165) is 49.2 Å². The van der Waals surface area contributed by atoms with Crippen molar-refractivity contribution in [3.05, 3.63) is 46.7 Å². The molecule has 2 saturated heterocycles. The summed E-state index contributed by atoms with van der Waals surface area (Å²) in [5.41, 5.74) is 5.13. The van der Waals surface area contributed by atoms with E-state index in [1.54, 1.807) is 6.07 Å². The number of benzene rings is 1. The van der Waals surface area contributed by atoms with Crippen LogP contribution < -0.4 is 5.32 Å². The van der Waals surface area contributed by atoms with Gasteiger partial charge in [-0.3, -0.25) is 9.69 Å². The quantitative estimate of drug-likeness (QED) is 0.476. The molecule has 2 fully saturated rings. The summed E-state index contributed by atoms with van der Waals surface area (Å²) in [6, 6.07) is 6.18. The van der Waals surface area contributed by atoms with Crippen LogP contribution >= 0.6 is 0 Å². The van der Waals surface area contributed by atoms with Crippen molar-refractivity contribution in [1.29, 1.82) is 0 Å². The molecule has 1 spiro atoms. The molecule has 5 rings (SSSR count). The lowest BCUT2D eigenvalue weighted by Crippen LogP contribution is -2.52. The molecule has 4 aliphatic rings. The molecule has 4 nitrogen and oxygen atoms in total. The molecular formula is C19H20N2O2. The van der Waals surface area contributed by atoms with Gasteiger partial charge in [0.2, 0.25) is 0 Å². The molecule has 0 radical (unpaired) electrons. The predicted molar refractivity (Wildman–Crippen MR) is 88.3 cm³/mol. The molecule has 118 valence electrons. The number of fused-ring (bicyclic) bond motifs is 2. The van der Waals surface area contributed by atoms with Gasteiger partial charge in [-0.1, -0.05) is 23.8 Å². The van der Waals surface area contributed by atoms with Gasteiger partial charge in [0.25, 0.3) is 0 Å².